The summed E-state index contributed by atoms with van der Waals surface area (Å²) in [6.45, 7) is 26.5. The van der Waals surface area contributed by atoms with Gasteiger partial charge < -0.3 is 31.4 Å². The zero-order valence-corrected chi connectivity index (χ0v) is 42.8. The van der Waals surface area contributed by atoms with Crippen molar-refractivity contribution in [1.29, 1.82) is 0 Å². The van der Waals surface area contributed by atoms with Gasteiger partial charge in [-0.2, -0.15) is 0 Å². The number of nitrogen functional groups attached to an aromatic ring is 3. The number of aryl methyl sites for hydroxylation is 3. The number of aromatic nitrogens is 9. The molecule has 15 nitrogen and oxygen atoms in total. The van der Waals surface area contributed by atoms with Gasteiger partial charge in [0.1, 0.15) is 54.2 Å². The van der Waals surface area contributed by atoms with Crippen molar-refractivity contribution < 1.29 is 14.2 Å². The molecule has 0 unspecified atom stereocenters. The fourth-order valence-electron chi connectivity index (χ4n) is 6.26. The third-order valence-corrected chi connectivity index (χ3v) is 11.9. The zero-order chi connectivity index (χ0) is 50.4. The molecule has 16 heteroatoms. The van der Waals surface area contributed by atoms with Crippen molar-refractivity contribution in [3.8, 4) is 58.2 Å². The molecular weight excluding hydrogens is 881 g/mol. The normalized spacial score (nSPS) is 10.7. The van der Waals surface area contributed by atoms with Gasteiger partial charge in [0.2, 0.25) is 0 Å². The van der Waals surface area contributed by atoms with Crippen LogP contribution < -0.4 is 36.7 Å². The maximum absolute atomic E-state index is 6.02. The van der Waals surface area contributed by atoms with Crippen LogP contribution in [-0.2, 0) is 0 Å². The number of rotatable bonds is 10. The maximum atomic E-state index is 6.02. The van der Waals surface area contributed by atoms with Crippen molar-refractivity contribution in [3.63, 3.8) is 0 Å². The van der Waals surface area contributed by atoms with Crippen LogP contribution in [-0.4, -0.2) is 52.9 Å². The maximum Gasteiger partial charge on any atom is 0.187 e. The molecule has 69 heavy (non-hydrogen) atoms. The molecule has 1 aromatic carbocycles. The zero-order valence-electron chi connectivity index (χ0n) is 41.8. The highest BCUT2D eigenvalue weighted by Crippen LogP contribution is 2.35. The molecule has 0 aliphatic heterocycles. The van der Waals surface area contributed by atoms with E-state index in [9.17, 15) is 0 Å². The van der Waals surface area contributed by atoms with Crippen molar-refractivity contribution in [2.75, 3.05) is 17.2 Å². The van der Waals surface area contributed by atoms with E-state index in [4.69, 9.17) is 31.4 Å². The third-order valence-electron chi connectivity index (χ3n) is 10.1. The number of hydrogen-bond donors (Lipinski definition) is 3. The van der Waals surface area contributed by atoms with E-state index in [1.54, 1.807) is 58.7 Å². The number of anilines is 3. The molecule has 0 bridgehead atoms. The number of nitrogens with two attached hydrogens (primary N) is 3. The van der Waals surface area contributed by atoms with Gasteiger partial charge in [-0.1, -0.05) is 91.2 Å². The first-order valence-electron chi connectivity index (χ1n) is 22.5. The second kappa shape index (κ2) is 23.7. The fraction of sp³-hybridized carbons (Fsp3) is 0.302. The van der Waals surface area contributed by atoms with Gasteiger partial charge >= 0.3 is 0 Å². The Balaban J connectivity index is 0.000000195. The lowest BCUT2D eigenvalue weighted by molar-refractivity contribution is 0.469. The van der Waals surface area contributed by atoms with Crippen molar-refractivity contribution in [2.45, 2.75) is 107 Å². The van der Waals surface area contributed by atoms with Crippen LogP contribution in [0.2, 0.25) is 19.6 Å². The highest BCUT2D eigenvalue weighted by molar-refractivity contribution is 6.88. The summed E-state index contributed by atoms with van der Waals surface area (Å²) in [4.78, 5) is 38.2. The molecule has 0 amide bonds. The highest BCUT2D eigenvalue weighted by Gasteiger charge is 2.22. The van der Waals surface area contributed by atoms with Crippen LogP contribution in [0.1, 0.15) is 117 Å². The summed E-state index contributed by atoms with van der Waals surface area (Å²) in [7, 11) is -1.52. The van der Waals surface area contributed by atoms with E-state index in [0.29, 0.717) is 81.0 Å². The van der Waals surface area contributed by atoms with Gasteiger partial charge in [-0.15, -0.1) is 0 Å². The Hall–Kier alpha value is -7.95. The van der Waals surface area contributed by atoms with Crippen molar-refractivity contribution in [3.05, 3.63) is 137 Å². The molecule has 7 rings (SSSR count). The number of benzene rings is 1. The molecule has 0 fully saturated rings. The van der Waals surface area contributed by atoms with E-state index in [1.165, 1.54) is 0 Å². The van der Waals surface area contributed by atoms with Crippen molar-refractivity contribution in [2.24, 2.45) is 0 Å². The summed E-state index contributed by atoms with van der Waals surface area (Å²) in [6, 6.07) is 15.5. The smallest absolute Gasteiger partial charge is 0.187 e. The Morgan fingerprint density at radius 3 is 1.20 bits per heavy atom. The van der Waals surface area contributed by atoms with E-state index in [2.05, 4.69) is 130 Å². The Morgan fingerprint density at radius 2 is 0.841 bits per heavy atom. The van der Waals surface area contributed by atoms with E-state index >= 15 is 0 Å². The molecule has 0 atom stereocenters. The molecule has 6 aromatic heterocycles. The second-order valence-corrected chi connectivity index (χ2v) is 22.8. The van der Waals surface area contributed by atoms with Crippen LogP contribution in [0.3, 0.4) is 0 Å². The molecule has 0 spiro atoms. The molecule has 6 N–H and O–H groups in total. The molecule has 7 aromatic rings. The van der Waals surface area contributed by atoms with Gasteiger partial charge in [-0.05, 0) is 75.5 Å². The summed E-state index contributed by atoms with van der Waals surface area (Å²) < 4.78 is 17.9. The van der Waals surface area contributed by atoms with Crippen LogP contribution in [0.15, 0.2) is 85.7 Å². The van der Waals surface area contributed by atoms with Crippen molar-refractivity contribution in [1.82, 2.24) is 44.9 Å². The number of pyridine rings is 3. The molecule has 6 heterocycles. The lowest BCUT2D eigenvalue weighted by atomic mass is 10.0. The van der Waals surface area contributed by atoms with E-state index in [0.717, 1.165) is 33.3 Å². The van der Waals surface area contributed by atoms with Gasteiger partial charge in [0.05, 0.1) is 18.6 Å². The summed E-state index contributed by atoms with van der Waals surface area (Å²) in [5.41, 5.74) is 23.0. The molecule has 0 radical (unpaired) electrons. The molecule has 0 saturated carbocycles. The lowest BCUT2D eigenvalue weighted by Crippen LogP contribution is -2.40. The predicted octanol–water partition coefficient (Wildman–Crippen LogP) is 10.4. The van der Waals surface area contributed by atoms with E-state index in [1.807, 2.05) is 54.7 Å². The first-order valence-corrected chi connectivity index (χ1v) is 26.0. The molecular formula is C53H62N12O3Si. The quantitative estimate of drug-likeness (QED) is 0.0857. The molecule has 0 aliphatic rings. The summed E-state index contributed by atoms with van der Waals surface area (Å²) in [6.07, 6.45) is 10.3. The van der Waals surface area contributed by atoms with E-state index < -0.39 is 8.07 Å². The Labute approximate surface area is 407 Å². The van der Waals surface area contributed by atoms with Gasteiger partial charge in [-0.25, -0.2) is 39.9 Å². The monoisotopic (exact) mass is 942 g/mol. The highest BCUT2D eigenvalue weighted by atomic mass is 28.3. The minimum Gasteiger partial charge on any atom is -0.451 e. The van der Waals surface area contributed by atoms with Crippen LogP contribution >= 0.6 is 0 Å². The summed E-state index contributed by atoms with van der Waals surface area (Å²) in [5, 5.41) is 1.11. The van der Waals surface area contributed by atoms with Gasteiger partial charge in [-0.3, -0.25) is 4.98 Å². The minimum absolute atomic E-state index is 0.237. The number of hydrogen-bond acceptors (Lipinski definition) is 15. The summed E-state index contributed by atoms with van der Waals surface area (Å²) >= 11 is 0. The number of nitrogens with zero attached hydrogens (tertiary/aromatic N) is 9. The summed E-state index contributed by atoms with van der Waals surface area (Å²) in [5.74, 6) is 19.0. The first-order chi connectivity index (χ1) is 32.7. The van der Waals surface area contributed by atoms with Gasteiger partial charge in [0, 0.05) is 58.3 Å². The number of ether oxygens (including phenoxy) is 3. The predicted molar refractivity (Wildman–Crippen MR) is 277 cm³/mol. The van der Waals surface area contributed by atoms with Gasteiger partial charge in [0.15, 0.2) is 34.7 Å². The van der Waals surface area contributed by atoms with Crippen molar-refractivity contribution >= 4 is 30.8 Å². The topological polar surface area (TPSA) is 222 Å². The second-order valence-electron chi connectivity index (χ2n) is 17.8. The Bertz CT molecular complexity index is 3010. The standard InChI is InChI=1S/C21H20N4O.C16H24N4OSi.C16H18N4O/c1-14(2)18-12-24-17(10-9-16-7-5-4-6-8-16)11-19(18)26-20-13-23-15(3)25-21(20)22;1-10(2)12-8-19-15(22(4,5)6)7-13(12)21-14-9-18-11(3)20-16(14)17;1-5-6-12-7-14(13(8-19-12)10(2)3)21-15-9-18-11(4)20-16(15)17/h4-8,11-14H,1-3H3,(H2,22,23,25);7-10H,1-6H3,(H2,17,18,20);7-10H,1-4H3,(H2,17,18,20). The van der Waals surface area contributed by atoms with Crippen LogP contribution in [0, 0.1) is 44.5 Å². The Kier molecular flexibility index (Phi) is 17.8. The first kappa shape index (κ1) is 52.0. The average Bonchev–Trinajstić information content (AvgIpc) is 3.29. The molecule has 0 saturated heterocycles. The minimum atomic E-state index is -1.52. The molecule has 0 aliphatic carbocycles. The largest absolute Gasteiger partial charge is 0.451 e. The van der Waals surface area contributed by atoms with Crippen LogP contribution in [0.4, 0.5) is 17.5 Å². The lowest BCUT2D eigenvalue weighted by Gasteiger charge is -2.20. The van der Waals surface area contributed by atoms with Crippen LogP contribution in [0.5, 0.6) is 34.5 Å². The molecule has 356 valence electrons. The third kappa shape index (κ3) is 15.0. The SMILES string of the molecule is CC#Cc1cc(Oc2cnc(C)nc2N)c(C(C)C)cn1.Cc1ncc(Oc2cc(C#Cc3ccccc3)ncc2C(C)C)c(N)n1.Cc1ncc(Oc2cc([Si](C)(C)C)ncc2C(C)C)c(N)n1. The average molecular weight is 943 g/mol. The van der Waals surface area contributed by atoms with Gasteiger partial charge in [0.25, 0.3) is 0 Å². The van der Waals surface area contributed by atoms with Crippen LogP contribution in [0.25, 0.3) is 0 Å². The Morgan fingerprint density at radius 1 is 0.464 bits per heavy atom. The van der Waals surface area contributed by atoms with E-state index in [-0.39, 0.29) is 11.8 Å². The fourth-order valence-corrected chi connectivity index (χ4v) is 7.28.